The SMILES string of the molecule is CCC(CSC)NC(=O)c1ccccc1. The van der Waals surface area contributed by atoms with Crippen molar-refractivity contribution in [2.24, 2.45) is 0 Å². The third kappa shape index (κ3) is 3.96. The van der Waals surface area contributed by atoms with Gasteiger partial charge in [-0.3, -0.25) is 4.79 Å². The molecule has 1 rings (SSSR count). The van der Waals surface area contributed by atoms with Gasteiger partial charge in [0.05, 0.1) is 0 Å². The average molecular weight is 223 g/mol. The molecule has 15 heavy (non-hydrogen) atoms. The summed E-state index contributed by atoms with van der Waals surface area (Å²) in [6, 6.07) is 9.61. The van der Waals surface area contributed by atoms with Crippen LogP contribution in [0.4, 0.5) is 0 Å². The molecule has 0 radical (unpaired) electrons. The van der Waals surface area contributed by atoms with Crippen molar-refractivity contribution >= 4 is 17.7 Å². The highest BCUT2D eigenvalue weighted by Crippen LogP contribution is 2.04. The van der Waals surface area contributed by atoms with Crippen LogP contribution in [-0.2, 0) is 0 Å². The summed E-state index contributed by atoms with van der Waals surface area (Å²) < 4.78 is 0. The zero-order valence-electron chi connectivity index (χ0n) is 9.19. The summed E-state index contributed by atoms with van der Waals surface area (Å²) in [5, 5.41) is 3.02. The fraction of sp³-hybridized carbons (Fsp3) is 0.417. The Kier molecular flexibility index (Phi) is 5.26. The monoisotopic (exact) mass is 223 g/mol. The number of carbonyl (C=O) groups excluding carboxylic acids is 1. The zero-order chi connectivity index (χ0) is 11.1. The predicted molar refractivity (Wildman–Crippen MR) is 66.4 cm³/mol. The summed E-state index contributed by atoms with van der Waals surface area (Å²) in [5.41, 5.74) is 0.733. The lowest BCUT2D eigenvalue weighted by atomic mass is 10.2. The van der Waals surface area contributed by atoms with Gasteiger partial charge in [0.1, 0.15) is 0 Å². The Bertz CT molecular complexity index is 300. The number of thioether (sulfide) groups is 1. The van der Waals surface area contributed by atoms with Crippen molar-refractivity contribution in [1.29, 1.82) is 0 Å². The van der Waals surface area contributed by atoms with Crippen LogP contribution in [-0.4, -0.2) is 24.0 Å². The molecule has 0 saturated carbocycles. The van der Waals surface area contributed by atoms with E-state index >= 15 is 0 Å². The van der Waals surface area contributed by atoms with Gasteiger partial charge in [-0.05, 0) is 24.8 Å². The van der Waals surface area contributed by atoms with Gasteiger partial charge in [0.15, 0.2) is 0 Å². The Morgan fingerprint density at radius 2 is 2.07 bits per heavy atom. The Labute approximate surface area is 95.5 Å². The molecule has 1 amide bonds. The Hall–Kier alpha value is -0.960. The molecule has 0 aliphatic heterocycles. The first-order chi connectivity index (χ1) is 7.27. The minimum Gasteiger partial charge on any atom is -0.348 e. The molecule has 0 aromatic heterocycles. The van der Waals surface area contributed by atoms with Gasteiger partial charge in [-0.25, -0.2) is 0 Å². The molecule has 1 N–H and O–H groups in total. The van der Waals surface area contributed by atoms with Gasteiger partial charge in [0.2, 0.25) is 0 Å². The lowest BCUT2D eigenvalue weighted by Crippen LogP contribution is -2.36. The highest BCUT2D eigenvalue weighted by atomic mass is 32.2. The van der Waals surface area contributed by atoms with Crippen molar-refractivity contribution < 1.29 is 4.79 Å². The van der Waals surface area contributed by atoms with Gasteiger partial charge in [0, 0.05) is 17.4 Å². The van der Waals surface area contributed by atoms with E-state index in [1.807, 2.05) is 30.3 Å². The minimum absolute atomic E-state index is 0.0245. The number of hydrogen-bond acceptors (Lipinski definition) is 2. The fourth-order valence-electron chi connectivity index (χ4n) is 1.32. The quantitative estimate of drug-likeness (QED) is 0.831. The van der Waals surface area contributed by atoms with E-state index in [-0.39, 0.29) is 11.9 Å². The third-order valence-corrected chi connectivity index (χ3v) is 2.97. The van der Waals surface area contributed by atoms with Crippen LogP contribution in [0.25, 0.3) is 0 Å². The first-order valence-electron chi connectivity index (χ1n) is 5.12. The molecular formula is C12H17NOS. The average Bonchev–Trinajstić information content (AvgIpc) is 2.29. The van der Waals surface area contributed by atoms with E-state index in [1.54, 1.807) is 11.8 Å². The minimum atomic E-state index is 0.0245. The Morgan fingerprint density at radius 1 is 1.40 bits per heavy atom. The van der Waals surface area contributed by atoms with Gasteiger partial charge < -0.3 is 5.32 Å². The van der Waals surface area contributed by atoms with Crippen LogP contribution in [0.3, 0.4) is 0 Å². The first-order valence-corrected chi connectivity index (χ1v) is 6.52. The van der Waals surface area contributed by atoms with Crippen LogP contribution in [0.5, 0.6) is 0 Å². The van der Waals surface area contributed by atoms with Gasteiger partial charge in [-0.15, -0.1) is 0 Å². The maximum atomic E-state index is 11.8. The summed E-state index contributed by atoms with van der Waals surface area (Å²) in [7, 11) is 0. The molecule has 3 heteroatoms. The number of amides is 1. The van der Waals surface area contributed by atoms with Crippen LogP contribution >= 0.6 is 11.8 Å². The lowest BCUT2D eigenvalue weighted by Gasteiger charge is -2.15. The standard InChI is InChI=1S/C12H17NOS/c1-3-11(9-15-2)13-12(14)10-7-5-4-6-8-10/h4-8,11H,3,9H2,1-2H3,(H,13,14). The molecular weight excluding hydrogens is 206 g/mol. The van der Waals surface area contributed by atoms with Crippen molar-refractivity contribution in [2.45, 2.75) is 19.4 Å². The molecule has 0 heterocycles. The van der Waals surface area contributed by atoms with E-state index in [2.05, 4.69) is 18.5 Å². The molecule has 0 fully saturated rings. The Balaban J connectivity index is 2.55. The van der Waals surface area contributed by atoms with Gasteiger partial charge in [-0.1, -0.05) is 25.1 Å². The molecule has 0 spiro atoms. The molecule has 1 aromatic rings. The van der Waals surface area contributed by atoms with E-state index in [4.69, 9.17) is 0 Å². The molecule has 0 saturated heterocycles. The third-order valence-electron chi connectivity index (χ3n) is 2.23. The van der Waals surface area contributed by atoms with Crippen molar-refractivity contribution in [3.05, 3.63) is 35.9 Å². The Morgan fingerprint density at radius 3 is 2.60 bits per heavy atom. The second-order valence-electron chi connectivity index (χ2n) is 3.40. The number of carbonyl (C=O) groups is 1. The smallest absolute Gasteiger partial charge is 0.251 e. The second kappa shape index (κ2) is 6.51. The summed E-state index contributed by atoms with van der Waals surface area (Å²) >= 11 is 1.76. The normalized spacial score (nSPS) is 12.1. The molecule has 1 unspecified atom stereocenters. The van der Waals surface area contributed by atoms with Gasteiger partial charge in [-0.2, -0.15) is 11.8 Å². The first kappa shape index (κ1) is 12.1. The number of hydrogen-bond donors (Lipinski definition) is 1. The lowest BCUT2D eigenvalue weighted by molar-refractivity contribution is 0.0940. The summed E-state index contributed by atoms with van der Waals surface area (Å²) in [6.07, 6.45) is 3.02. The molecule has 82 valence electrons. The molecule has 1 aromatic carbocycles. The summed E-state index contributed by atoms with van der Waals surface area (Å²) in [6.45, 7) is 2.09. The molecule has 0 aliphatic rings. The number of nitrogens with one attached hydrogen (secondary N) is 1. The summed E-state index contributed by atoms with van der Waals surface area (Å²) in [4.78, 5) is 11.8. The maximum absolute atomic E-state index is 11.8. The maximum Gasteiger partial charge on any atom is 0.251 e. The predicted octanol–water partition coefficient (Wildman–Crippen LogP) is 2.56. The summed E-state index contributed by atoms with van der Waals surface area (Å²) in [5.74, 6) is 0.992. The zero-order valence-corrected chi connectivity index (χ0v) is 10.0. The van der Waals surface area contributed by atoms with Gasteiger partial charge >= 0.3 is 0 Å². The van der Waals surface area contributed by atoms with Crippen LogP contribution in [0.1, 0.15) is 23.7 Å². The van der Waals surface area contributed by atoms with Crippen molar-refractivity contribution in [3.63, 3.8) is 0 Å². The van der Waals surface area contributed by atoms with E-state index in [9.17, 15) is 4.79 Å². The topological polar surface area (TPSA) is 29.1 Å². The second-order valence-corrected chi connectivity index (χ2v) is 4.31. The van der Waals surface area contributed by atoms with Crippen LogP contribution in [0, 0.1) is 0 Å². The van der Waals surface area contributed by atoms with Gasteiger partial charge in [0.25, 0.3) is 5.91 Å². The van der Waals surface area contributed by atoms with Crippen molar-refractivity contribution in [3.8, 4) is 0 Å². The highest BCUT2D eigenvalue weighted by Gasteiger charge is 2.10. The molecule has 0 aliphatic carbocycles. The number of rotatable bonds is 5. The largest absolute Gasteiger partial charge is 0.348 e. The van der Waals surface area contributed by atoms with Crippen LogP contribution in [0.15, 0.2) is 30.3 Å². The van der Waals surface area contributed by atoms with E-state index < -0.39 is 0 Å². The fourth-order valence-corrected chi connectivity index (χ4v) is 2.04. The van der Waals surface area contributed by atoms with Crippen molar-refractivity contribution in [1.82, 2.24) is 5.32 Å². The molecule has 0 bridgehead atoms. The molecule has 1 atom stereocenters. The molecule has 2 nitrogen and oxygen atoms in total. The van der Waals surface area contributed by atoms with Crippen molar-refractivity contribution in [2.75, 3.05) is 12.0 Å². The van der Waals surface area contributed by atoms with E-state index in [0.717, 1.165) is 17.7 Å². The van der Waals surface area contributed by atoms with Crippen LogP contribution in [0.2, 0.25) is 0 Å². The van der Waals surface area contributed by atoms with E-state index in [1.165, 1.54) is 0 Å². The van der Waals surface area contributed by atoms with Crippen LogP contribution < -0.4 is 5.32 Å². The number of benzene rings is 1. The highest BCUT2D eigenvalue weighted by molar-refractivity contribution is 7.98. The van der Waals surface area contributed by atoms with E-state index in [0.29, 0.717) is 0 Å².